The normalized spacial score (nSPS) is 17.5. The van der Waals surface area contributed by atoms with Gasteiger partial charge in [0.05, 0.1) is 31.1 Å². The second kappa shape index (κ2) is 13.0. The molecular formula is C33H35FN6O5. The van der Waals surface area contributed by atoms with Crippen LogP contribution < -0.4 is 25.4 Å². The molecule has 0 saturated carbocycles. The number of carbonyl (C=O) groups excluding carboxylic acids is 2. The lowest BCUT2D eigenvalue weighted by molar-refractivity contribution is -0.120. The van der Waals surface area contributed by atoms with Gasteiger partial charge in [-0.15, -0.1) is 0 Å². The van der Waals surface area contributed by atoms with Gasteiger partial charge in [0.1, 0.15) is 12.4 Å². The van der Waals surface area contributed by atoms with Crippen molar-refractivity contribution in [3.63, 3.8) is 0 Å². The predicted octanol–water partition coefficient (Wildman–Crippen LogP) is 2.85. The Hall–Kier alpha value is -4.81. The van der Waals surface area contributed by atoms with E-state index in [-0.39, 0.29) is 54.6 Å². The number of fused-ring (bicyclic) bond motifs is 1. The molecule has 234 valence electrons. The molecule has 12 heteroatoms. The Morgan fingerprint density at radius 2 is 1.84 bits per heavy atom. The number of anilines is 2. The van der Waals surface area contributed by atoms with Crippen molar-refractivity contribution in [1.29, 1.82) is 0 Å². The molecule has 2 saturated heterocycles. The maximum atomic E-state index is 14.3. The number of pyridine rings is 1. The Morgan fingerprint density at radius 3 is 2.58 bits per heavy atom. The van der Waals surface area contributed by atoms with Gasteiger partial charge in [0.2, 0.25) is 11.7 Å². The number of benzene rings is 2. The molecule has 1 atom stereocenters. The van der Waals surface area contributed by atoms with E-state index >= 15 is 0 Å². The van der Waals surface area contributed by atoms with Crippen molar-refractivity contribution >= 4 is 28.8 Å². The first-order chi connectivity index (χ1) is 21.8. The Morgan fingerprint density at radius 1 is 1.07 bits per heavy atom. The molecule has 2 aromatic carbocycles. The number of nitrogens with zero attached hydrogens (tertiary/aromatic N) is 5. The van der Waals surface area contributed by atoms with Crippen LogP contribution in [0.1, 0.15) is 28.5 Å². The fourth-order valence-electron chi connectivity index (χ4n) is 5.59. The Bertz CT molecular complexity index is 1760. The quantitative estimate of drug-likeness (QED) is 0.323. The van der Waals surface area contributed by atoms with Crippen LogP contribution in [0.5, 0.6) is 5.75 Å². The van der Waals surface area contributed by atoms with Gasteiger partial charge in [0.15, 0.2) is 11.3 Å². The minimum absolute atomic E-state index is 0.0289. The molecule has 0 aliphatic carbocycles. The van der Waals surface area contributed by atoms with Gasteiger partial charge >= 0.3 is 5.56 Å². The number of piperazine rings is 1. The van der Waals surface area contributed by atoms with Crippen molar-refractivity contribution in [1.82, 2.24) is 19.6 Å². The Kier molecular flexibility index (Phi) is 8.76. The Labute approximate surface area is 259 Å². The van der Waals surface area contributed by atoms with Crippen molar-refractivity contribution in [2.75, 3.05) is 56.2 Å². The van der Waals surface area contributed by atoms with E-state index in [9.17, 15) is 18.8 Å². The van der Waals surface area contributed by atoms with Crippen LogP contribution in [-0.4, -0.2) is 78.6 Å². The summed E-state index contributed by atoms with van der Waals surface area (Å²) < 4.78 is 26.5. The summed E-state index contributed by atoms with van der Waals surface area (Å²) in [6.45, 7) is 5.02. The number of rotatable bonds is 8. The highest BCUT2D eigenvalue weighted by Gasteiger charge is 2.30. The average Bonchev–Trinajstić information content (AvgIpc) is 3.04. The maximum Gasteiger partial charge on any atom is 0.301 e. The van der Waals surface area contributed by atoms with E-state index in [2.05, 4.69) is 10.2 Å². The molecule has 0 bridgehead atoms. The van der Waals surface area contributed by atoms with Crippen molar-refractivity contribution in [2.24, 2.45) is 0 Å². The molecule has 2 aliphatic rings. The summed E-state index contributed by atoms with van der Waals surface area (Å²) in [5.41, 5.74) is 2.03. The van der Waals surface area contributed by atoms with Crippen molar-refractivity contribution in [2.45, 2.75) is 26.1 Å². The molecule has 0 radical (unpaired) electrons. The molecule has 0 spiro atoms. The van der Waals surface area contributed by atoms with E-state index in [1.54, 1.807) is 23.2 Å². The second-order valence-electron chi connectivity index (χ2n) is 11.4. The van der Waals surface area contributed by atoms with E-state index in [4.69, 9.17) is 14.5 Å². The largest absolute Gasteiger partial charge is 0.481 e. The standard InChI is InChI=1S/C33H35FN6O5/c1-22-20-44-15-14-38(22)26-16-27(39-13-12-37(2)19-28(39)41)31-36-29(32(42)35-17-23-8-10-25(34)11-9-23)30(33(43)40(31)18-26)45-21-24-6-4-3-5-7-24/h3-11,16,18,22H,12-15,17,19-21H2,1-2H3,(H,35,42). The minimum atomic E-state index is -0.636. The van der Waals surface area contributed by atoms with Crippen LogP contribution in [-0.2, 0) is 22.7 Å². The van der Waals surface area contributed by atoms with Crippen LogP contribution in [0.25, 0.3) is 5.65 Å². The lowest BCUT2D eigenvalue weighted by Gasteiger charge is -2.37. The number of hydrogen-bond acceptors (Lipinski definition) is 8. The zero-order valence-electron chi connectivity index (χ0n) is 25.2. The van der Waals surface area contributed by atoms with Gasteiger partial charge in [0, 0.05) is 38.4 Å². The lowest BCUT2D eigenvalue weighted by atomic mass is 10.2. The molecule has 6 rings (SSSR count). The number of morpholine rings is 1. The highest BCUT2D eigenvalue weighted by atomic mass is 19.1. The van der Waals surface area contributed by atoms with Crippen LogP contribution in [0.3, 0.4) is 0 Å². The zero-order valence-corrected chi connectivity index (χ0v) is 25.2. The lowest BCUT2D eigenvalue weighted by Crippen LogP contribution is -2.49. The number of ether oxygens (including phenoxy) is 2. The summed E-state index contributed by atoms with van der Waals surface area (Å²) in [7, 11) is 1.88. The van der Waals surface area contributed by atoms with E-state index in [0.29, 0.717) is 44.1 Å². The summed E-state index contributed by atoms with van der Waals surface area (Å²) in [5.74, 6) is -1.37. The van der Waals surface area contributed by atoms with Gasteiger partial charge in [-0.05, 0) is 43.3 Å². The van der Waals surface area contributed by atoms with Gasteiger partial charge in [-0.2, -0.15) is 0 Å². The van der Waals surface area contributed by atoms with Crippen LogP contribution >= 0.6 is 0 Å². The number of halogens is 1. The highest BCUT2D eigenvalue weighted by Crippen LogP contribution is 2.31. The van der Waals surface area contributed by atoms with Crippen LogP contribution in [0.2, 0.25) is 0 Å². The van der Waals surface area contributed by atoms with Gasteiger partial charge in [0.25, 0.3) is 5.91 Å². The topological polar surface area (TPSA) is 109 Å². The van der Waals surface area contributed by atoms with Crippen LogP contribution in [0.15, 0.2) is 71.7 Å². The van der Waals surface area contributed by atoms with E-state index in [1.165, 1.54) is 16.5 Å². The molecule has 1 unspecified atom stereocenters. The number of amides is 2. The van der Waals surface area contributed by atoms with E-state index in [1.807, 2.05) is 55.3 Å². The average molecular weight is 615 g/mol. The zero-order chi connectivity index (χ0) is 31.5. The fourth-order valence-corrected chi connectivity index (χ4v) is 5.59. The van der Waals surface area contributed by atoms with E-state index < -0.39 is 11.5 Å². The highest BCUT2D eigenvalue weighted by molar-refractivity contribution is 6.00. The van der Waals surface area contributed by atoms with E-state index in [0.717, 1.165) is 11.3 Å². The molecule has 2 amide bonds. The van der Waals surface area contributed by atoms with Gasteiger partial charge in [-0.1, -0.05) is 42.5 Å². The Balaban J connectivity index is 1.48. The first-order valence-electron chi connectivity index (χ1n) is 14.9. The summed E-state index contributed by atoms with van der Waals surface area (Å²) >= 11 is 0. The number of hydrogen-bond donors (Lipinski definition) is 1. The van der Waals surface area contributed by atoms with Crippen LogP contribution in [0, 0.1) is 5.82 Å². The van der Waals surface area contributed by atoms with Crippen molar-refractivity contribution < 1.29 is 23.5 Å². The SMILES string of the molecule is CC1COCCN1c1cc(N2CCN(C)CC2=O)c2nc(C(=O)NCc3ccc(F)cc3)c(OCc3ccccc3)c(=O)n2c1. The van der Waals surface area contributed by atoms with Gasteiger partial charge in [-0.25, -0.2) is 9.37 Å². The number of carbonyl (C=O) groups is 2. The predicted molar refractivity (Wildman–Crippen MR) is 167 cm³/mol. The fraction of sp³-hybridized carbons (Fsp3) is 0.333. The summed E-state index contributed by atoms with van der Waals surface area (Å²) in [6, 6.07) is 16.9. The summed E-state index contributed by atoms with van der Waals surface area (Å²) in [5, 5.41) is 2.79. The minimum Gasteiger partial charge on any atom is -0.481 e. The first-order valence-corrected chi connectivity index (χ1v) is 14.9. The third kappa shape index (κ3) is 6.52. The third-order valence-corrected chi connectivity index (χ3v) is 8.06. The molecule has 4 aromatic rings. The van der Waals surface area contributed by atoms with Gasteiger partial charge < -0.3 is 24.6 Å². The van der Waals surface area contributed by atoms with Crippen molar-refractivity contribution in [3.8, 4) is 5.75 Å². The molecule has 11 nitrogen and oxygen atoms in total. The molecule has 2 aliphatic heterocycles. The smallest absolute Gasteiger partial charge is 0.301 e. The van der Waals surface area contributed by atoms with Crippen molar-refractivity contribution in [3.05, 3.63) is 99.9 Å². The number of aromatic nitrogens is 2. The molecule has 1 N–H and O–H groups in total. The molecule has 2 fully saturated rings. The second-order valence-corrected chi connectivity index (χ2v) is 11.4. The first kappa shape index (κ1) is 30.2. The molecule has 45 heavy (non-hydrogen) atoms. The maximum absolute atomic E-state index is 14.3. The monoisotopic (exact) mass is 614 g/mol. The number of nitrogens with one attached hydrogen (secondary N) is 1. The summed E-state index contributed by atoms with van der Waals surface area (Å²) in [4.78, 5) is 51.7. The van der Waals surface area contributed by atoms with Crippen LogP contribution in [0.4, 0.5) is 15.8 Å². The molecular weight excluding hydrogens is 579 g/mol. The molecule has 4 heterocycles. The molecule has 2 aromatic heterocycles. The summed E-state index contributed by atoms with van der Waals surface area (Å²) in [6.07, 6.45) is 1.69. The third-order valence-electron chi connectivity index (χ3n) is 8.06. The number of likely N-dealkylation sites (N-methyl/N-ethyl adjacent to an activating group) is 1. The van der Waals surface area contributed by atoms with Gasteiger partial charge in [-0.3, -0.25) is 23.7 Å².